The number of carboxylic acids is 1. The highest BCUT2D eigenvalue weighted by molar-refractivity contribution is 5.90. The summed E-state index contributed by atoms with van der Waals surface area (Å²) >= 11 is 0. The van der Waals surface area contributed by atoms with Crippen molar-refractivity contribution in [3.05, 3.63) is 0 Å². The average Bonchev–Trinajstić information content (AvgIpc) is 2.72. The van der Waals surface area contributed by atoms with Crippen LogP contribution < -0.4 is 22.1 Å². The molecule has 0 aliphatic carbocycles. The second-order valence-electron chi connectivity index (χ2n) is 8.72. The minimum atomic E-state index is -1.13. The molecular weight excluding hydrogens is 410 g/mol. The van der Waals surface area contributed by atoms with Crippen molar-refractivity contribution in [1.29, 1.82) is 0 Å². The fraction of sp³-hybridized carbons (Fsp3) is 0.826. The van der Waals surface area contributed by atoms with Crippen molar-refractivity contribution in [3.8, 4) is 0 Å². The highest BCUT2D eigenvalue weighted by Crippen LogP contribution is 2.11. The predicted molar refractivity (Wildman–Crippen MR) is 128 cm³/mol. The van der Waals surface area contributed by atoms with E-state index in [0.29, 0.717) is 12.8 Å². The summed E-state index contributed by atoms with van der Waals surface area (Å²) in [6, 6.07) is -1.84. The topological polar surface area (TPSA) is 160 Å². The number of unbranched alkanes of at least 4 members (excludes halogenated alkanes) is 8. The number of guanidine groups is 1. The van der Waals surface area contributed by atoms with Crippen LogP contribution in [0.1, 0.15) is 97.8 Å². The molecule has 9 nitrogen and oxygen atoms in total. The maximum Gasteiger partial charge on any atom is 0.326 e. The highest BCUT2D eigenvalue weighted by atomic mass is 16.4. The van der Waals surface area contributed by atoms with Crippen molar-refractivity contribution in [2.45, 2.75) is 110 Å². The molecule has 0 aromatic carbocycles. The van der Waals surface area contributed by atoms with Crippen LogP contribution in [0.5, 0.6) is 0 Å². The van der Waals surface area contributed by atoms with Crippen LogP contribution in [0, 0.1) is 5.92 Å². The number of nitrogens with zero attached hydrogens (tertiary/aromatic N) is 1. The first-order valence-electron chi connectivity index (χ1n) is 12.1. The number of hydrogen-bond donors (Lipinski definition) is 5. The van der Waals surface area contributed by atoms with Crippen LogP contribution in [-0.4, -0.2) is 47.5 Å². The van der Waals surface area contributed by atoms with Crippen molar-refractivity contribution in [3.63, 3.8) is 0 Å². The monoisotopic (exact) mass is 455 g/mol. The molecule has 2 atom stereocenters. The third kappa shape index (κ3) is 15.5. The maximum atomic E-state index is 12.6. The van der Waals surface area contributed by atoms with Crippen LogP contribution in [-0.2, 0) is 14.4 Å². The lowest BCUT2D eigenvalue weighted by Gasteiger charge is -2.24. The molecule has 0 heterocycles. The van der Waals surface area contributed by atoms with Crippen LogP contribution in [0.25, 0.3) is 0 Å². The number of aliphatic carboxylic acids is 1. The lowest BCUT2D eigenvalue weighted by molar-refractivity contribution is -0.142. The fourth-order valence-corrected chi connectivity index (χ4v) is 3.40. The Kier molecular flexibility index (Phi) is 16.9. The molecule has 0 unspecified atom stereocenters. The van der Waals surface area contributed by atoms with Gasteiger partial charge in [0.15, 0.2) is 5.96 Å². The number of aliphatic imine (C=N–C) groups is 1. The van der Waals surface area contributed by atoms with Crippen LogP contribution in [0.15, 0.2) is 4.99 Å². The van der Waals surface area contributed by atoms with Crippen molar-refractivity contribution >= 4 is 23.7 Å². The zero-order chi connectivity index (χ0) is 24.4. The van der Waals surface area contributed by atoms with Crippen LogP contribution in [0.2, 0.25) is 0 Å². The predicted octanol–water partition coefficient (Wildman–Crippen LogP) is 2.67. The van der Waals surface area contributed by atoms with Gasteiger partial charge in [-0.15, -0.1) is 0 Å². The molecule has 0 aliphatic heterocycles. The van der Waals surface area contributed by atoms with Gasteiger partial charge in [0.25, 0.3) is 0 Å². The van der Waals surface area contributed by atoms with Gasteiger partial charge >= 0.3 is 5.97 Å². The second-order valence-corrected chi connectivity index (χ2v) is 8.72. The number of hydrogen-bond acceptors (Lipinski definition) is 4. The zero-order valence-corrected chi connectivity index (χ0v) is 20.2. The number of carbonyl (C=O) groups excluding carboxylic acids is 2. The molecule has 9 heteroatoms. The molecule has 0 aromatic rings. The zero-order valence-electron chi connectivity index (χ0n) is 20.2. The Balaban J connectivity index is 4.37. The third-order valence-electron chi connectivity index (χ3n) is 5.33. The van der Waals surface area contributed by atoms with E-state index < -0.39 is 24.0 Å². The molecule has 0 rings (SSSR count). The molecule has 0 radical (unpaired) electrons. The van der Waals surface area contributed by atoms with Crippen molar-refractivity contribution in [1.82, 2.24) is 10.6 Å². The molecule has 0 saturated heterocycles. The van der Waals surface area contributed by atoms with Gasteiger partial charge in [-0.1, -0.05) is 72.1 Å². The van der Waals surface area contributed by atoms with E-state index in [1.54, 1.807) is 0 Å². The van der Waals surface area contributed by atoms with Gasteiger partial charge < -0.3 is 27.2 Å². The summed E-state index contributed by atoms with van der Waals surface area (Å²) in [7, 11) is 0. The normalized spacial score (nSPS) is 12.8. The quantitative estimate of drug-likeness (QED) is 0.114. The van der Waals surface area contributed by atoms with Crippen LogP contribution >= 0.6 is 0 Å². The number of amides is 2. The summed E-state index contributed by atoms with van der Waals surface area (Å²) in [6.45, 7) is 6.13. The van der Waals surface area contributed by atoms with E-state index in [9.17, 15) is 19.5 Å². The SMILES string of the molecule is CCCCCCCCCCCC(=O)N[C@H](C(=O)N[C@@H](CCCN=C(N)N)C(=O)O)C(C)C. The van der Waals surface area contributed by atoms with Crippen LogP contribution in [0.3, 0.4) is 0 Å². The Morgan fingerprint density at radius 2 is 1.44 bits per heavy atom. The molecule has 0 aliphatic rings. The van der Waals surface area contributed by atoms with Gasteiger partial charge in [0, 0.05) is 13.0 Å². The fourth-order valence-electron chi connectivity index (χ4n) is 3.40. The standard InChI is InChI=1S/C23H45N5O4/c1-4-5-6-7-8-9-10-11-12-15-19(29)28-20(17(2)3)21(30)27-18(22(31)32)14-13-16-26-23(24)25/h17-18,20H,4-16H2,1-3H3,(H,27,30)(H,28,29)(H,31,32)(H4,24,25,26)/t18-,20-/m0/s1. The van der Waals surface area contributed by atoms with E-state index in [1.807, 2.05) is 13.8 Å². The summed E-state index contributed by atoms with van der Waals surface area (Å²) in [6.07, 6.45) is 11.5. The lowest BCUT2D eigenvalue weighted by atomic mass is 10.0. The van der Waals surface area contributed by atoms with Gasteiger partial charge in [-0.2, -0.15) is 0 Å². The first-order valence-corrected chi connectivity index (χ1v) is 12.1. The van der Waals surface area contributed by atoms with Gasteiger partial charge in [0.1, 0.15) is 12.1 Å². The third-order valence-corrected chi connectivity index (χ3v) is 5.33. The summed E-state index contributed by atoms with van der Waals surface area (Å²) < 4.78 is 0. The summed E-state index contributed by atoms with van der Waals surface area (Å²) in [5, 5.41) is 14.7. The Labute approximate surface area is 193 Å². The van der Waals surface area contributed by atoms with E-state index in [2.05, 4.69) is 22.5 Å². The highest BCUT2D eigenvalue weighted by Gasteiger charge is 2.28. The molecule has 0 bridgehead atoms. The largest absolute Gasteiger partial charge is 0.480 e. The molecule has 186 valence electrons. The Morgan fingerprint density at radius 1 is 0.875 bits per heavy atom. The number of rotatable bonds is 19. The summed E-state index contributed by atoms with van der Waals surface area (Å²) in [4.78, 5) is 40.3. The van der Waals surface area contributed by atoms with E-state index in [-0.39, 0.29) is 30.8 Å². The van der Waals surface area contributed by atoms with Gasteiger partial charge in [-0.25, -0.2) is 4.79 Å². The number of nitrogens with two attached hydrogens (primary N) is 2. The Hall–Kier alpha value is -2.32. The van der Waals surface area contributed by atoms with Crippen molar-refractivity contribution in [2.24, 2.45) is 22.4 Å². The van der Waals surface area contributed by atoms with Gasteiger partial charge in [0.05, 0.1) is 0 Å². The van der Waals surface area contributed by atoms with Crippen molar-refractivity contribution < 1.29 is 19.5 Å². The van der Waals surface area contributed by atoms with Crippen molar-refractivity contribution in [2.75, 3.05) is 6.54 Å². The van der Waals surface area contributed by atoms with E-state index in [1.165, 1.54) is 38.5 Å². The number of carbonyl (C=O) groups is 3. The Morgan fingerprint density at radius 3 is 1.94 bits per heavy atom. The molecule has 0 saturated carbocycles. The smallest absolute Gasteiger partial charge is 0.326 e. The van der Waals surface area contributed by atoms with Crippen LogP contribution in [0.4, 0.5) is 0 Å². The second kappa shape index (κ2) is 18.3. The van der Waals surface area contributed by atoms with E-state index in [4.69, 9.17) is 11.5 Å². The minimum Gasteiger partial charge on any atom is -0.480 e. The molecule has 7 N–H and O–H groups in total. The number of carboxylic acid groups (broad SMARTS) is 1. The average molecular weight is 456 g/mol. The summed E-state index contributed by atoms with van der Waals surface area (Å²) in [5.74, 6) is -2.03. The molecule has 0 aromatic heterocycles. The summed E-state index contributed by atoms with van der Waals surface area (Å²) in [5.41, 5.74) is 10.5. The first kappa shape index (κ1) is 29.7. The van der Waals surface area contributed by atoms with E-state index >= 15 is 0 Å². The minimum absolute atomic E-state index is 0.0598. The molecule has 32 heavy (non-hydrogen) atoms. The Bertz CT molecular complexity index is 577. The molecular formula is C23H45N5O4. The lowest BCUT2D eigenvalue weighted by Crippen LogP contribution is -2.53. The van der Waals surface area contributed by atoms with Gasteiger partial charge in [0.2, 0.25) is 11.8 Å². The first-order chi connectivity index (χ1) is 15.2. The molecule has 2 amide bonds. The van der Waals surface area contributed by atoms with E-state index in [0.717, 1.165) is 19.3 Å². The molecule has 0 fully saturated rings. The maximum absolute atomic E-state index is 12.6. The number of nitrogens with one attached hydrogen (secondary N) is 2. The van der Waals surface area contributed by atoms with Gasteiger partial charge in [-0.3, -0.25) is 14.6 Å². The molecule has 0 spiro atoms. The van der Waals surface area contributed by atoms with Gasteiger partial charge in [-0.05, 0) is 25.2 Å².